The van der Waals surface area contributed by atoms with E-state index < -0.39 is 0 Å². The van der Waals surface area contributed by atoms with E-state index in [1.54, 1.807) is 7.05 Å². The zero-order valence-electron chi connectivity index (χ0n) is 4.60. The summed E-state index contributed by atoms with van der Waals surface area (Å²) >= 11 is 0. The van der Waals surface area contributed by atoms with Gasteiger partial charge in [0.15, 0.2) is 0 Å². The van der Waals surface area contributed by atoms with Gasteiger partial charge in [-0.2, -0.15) is 0 Å². The van der Waals surface area contributed by atoms with Crippen LogP contribution in [0.3, 0.4) is 0 Å². The first kappa shape index (κ1) is 6.43. The van der Waals surface area contributed by atoms with Gasteiger partial charge in [-0.15, -0.1) is 0 Å². The minimum atomic E-state index is 0.611. The normalized spacial score (nSPS) is 11.6. The lowest BCUT2D eigenvalue weighted by molar-refractivity contribution is 0.232. The second kappa shape index (κ2) is 3.61. The molecule has 3 heteroatoms. The maximum atomic E-state index is 8.15. The molecule has 0 aromatic carbocycles. The molecule has 0 fully saturated rings. The molecule has 0 aliphatic rings. The summed E-state index contributed by atoms with van der Waals surface area (Å²) in [4.78, 5) is 3.68. The number of nitrogens with zero attached hydrogens (tertiary/aromatic N) is 1. The first-order valence-electron chi connectivity index (χ1n) is 2.21. The number of hydrogen-bond donors (Lipinski definition) is 2. The second-order valence-electron chi connectivity index (χ2n) is 1.14. The molecule has 7 heavy (non-hydrogen) atoms. The van der Waals surface area contributed by atoms with Crippen LogP contribution in [0.2, 0.25) is 0 Å². The van der Waals surface area contributed by atoms with Crippen molar-refractivity contribution in [3.63, 3.8) is 0 Å². The molecule has 42 valence electrons. The summed E-state index contributed by atoms with van der Waals surface area (Å²) in [5, 5.41) is 8.15. The molecule has 0 aliphatic carbocycles. The van der Waals surface area contributed by atoms with Gasteiger partial charge in [-0.25, -0.2) is 0 Å². The maximum absolute atomic E-state index is 8.15. The van der Waals surface area contributed by atoms with E-state index in [0.717, 1.165) is 6.42 Å². The van der Waals surface area contributed by atoms with Crippen molar-refractivity contribution in [1.82, 2.24) is 5.48 Å². The summed E-state index contributed by atoms with van der Waals surface area (Å²) in [6, 6.07) is 0. The Morgan fingerprint density at radius 1 is 1.86 bits per heavy atom. The lowest BCUT2D eigenvalue weighted by Crippen LogP contribution is -2.16. The molecule has 0 unspecified atom stereocenters. The van der Waals surface area contributed by atoms with Crippen molar-refractivity contribution in [3.8, 4) is 0 Å². The lowest BCUT2D eigenvalue weighted by atomic mass is 10.5. The number of hydroxylamine groups is 1. The summed E-state index contributed by atoms with van der Waals surface area (Å²) in [5.41, 5.74) is 1.95. The molecular formula is C4H10N2O. The molecule has 0 aromatic rings. The van der Waals surface area contributed by atoms with Gasteiger partial charge in [0.25, 0.3) is 0 Å². The summed E-state index contributed by atoms with van der Waals surface area (Å²) < 4.78 is 0. The number of aliphatic imine (C=N–C) groups is 1. The van der Waals surface area contributed by atoms with E-state index in [1.165, 1.54) is 0 Å². The third kappa shape index (κ3) is 2.17. The van der Waals surface area contributed by atoms with E-state index in [1.807, 2.05) is 12.4 Å². The third-order valence-electron chi connectivity index (χ3n) is 0.734. The molecule has 0 atom stereocenters. The van der Waals surface area contributed by atoms with Gasteiger partial charge < -0.3 is 0 Å². The number of rotatable bonds is 1. The Kier molecular flexibility index (Phi) is 3.32. The van der Waals surface area contributed by atoms with Crippen LogP contribution >= 0.6 is 0 Å². The van der Waals surface area contributed by atoms with E-state index in [0.29, 0.717) is 5.84 Å². The van der Waals surface area contributed by atoms with Crippen LogP contribution in [0.1, 0.15) is 13.3 Å². The predicted octanol–water partition coefficient (Wildman–Crippen LogP) is 0.403. The van der Waals surface area contributed by atoms with Crippen molar-refractivity contribution in [2.24, 2.45) is 4.99 Å². The van der Waals surface area contributed by atoms with E-state index in [4.69, 9.17) is 5.21 Å². The van der Waals surface area contributed by atoms with Crippen molar-refractivity contribution >= 4 is 5.84 Å². The van der Waals surface area contributed by atoms with Crippen LogP contribution in [0, 0.1) is 0 Å². The molecule has 0 radical (unpaired) electrons. The van der Waals surface area contributed by atoms with Crippen LogP contribution in [-0.4, -0.2) is 18.1 Å². The minimum Gasteiger partial charge on any atom is -0.290 e. The van der Waals surface area contributed by atoms with Crippen LogP contribution in [0.15, 0.2) is 4.99 Å². The summed E-state index contributed by atoms with van der Waals surface area (Å²) in [7, 11) is 1.63. The Morgan fingerprint density at radius 3 is 2.43 bits per heavy atom. The van der Waals surface area contributed by atoms with Gasteiger partial charge >= 0.3 is 0 Å². The van der Waals surface area contributed by atoms with Crippen molar-refractivity contribution < 1.29 is 5.21 Å². The van der Waals surface area contributed by atoms with Gasteiger partial charge in [0.1, 0.15) is 5.84 Å². The fourth-order valence-corrected chi connectivity index (χ4v) is 0.287. The largest absolute Gasteiger partial charge is 0.290 e. The fourth-order valence-electron chi connectivity index (χ4n) is 0.287. The standard InChI is InChI=1S/C4H10N2O/c1-3-4(5-2)6-7/h7H,3H2,1-2H3,(H,5,6). The highest BCUT2D eigenvalue weighted by molar-refractivity contribution is 5.80. The highest BCUT2D eigenvalue weighted by Crippen LogP contribution is 1.74. The maximum Gasteiger partial charge on any atom is 0.120 e. The average Bonchev–Trinajstić information content (AvgIpc) is 1.72. The SMILES string of the molecule is CCC(=NC)NO. The van der Waals surface area contributed by atoms with Gasteiger partial charge in [-0.1, -0.05) is 6.92 Å². The summed E-state index contributed by atoms with van der Waals surface area (Å²) in [6.07, 6.45) is 0.743. The fraction of sp³-hybridized carbons (Fsp3) is 0.750. The lowest BCUT2D eigenvalue weighted by Gasteiger charge is -1.94. The Hall–Kier alpha value is -0.570. The van der Waals surface area contributed by atoms with Crippen molar-refractivity contribution in [2.45, 2.75) is 13.3 Å². The van der Waals surface area contributed by atoms with Crippen molar-refractivity contribution in [1.29, 1.82) is 0 Å². The van der Waals surface area contributed by atoms with Gasteiger partial charge in [0, 0.05) is 13.5 Å². The highest BCUT2D eigenvalue weighted by atomic mass is 16.5. The molecule has 0 saturated carbocycles. The van der Waals surface area contributed by atoms with Crippen molar-refractivity contribution in [3.05, 3.63) is 0 Å². The van der Waals surface area contributed by atoms with Gasteiger partial charge in [-0.05, 0) is 0 Å². The number of amidine groups is 1. The first-order valence-corrected chi connectivity index (χ1v) is 2.21. The van der Waals surface area contributed by atoms with E-state index in [-0.39, 0.29) is 0 Å². The molecule has 2 N–H and O–H groups in total. The van der Waals surface area contributed by atoms with Crippen LogP contribution in [0.4, 0.5) is 0 Å². The molecule has 0 saturated heterocycles. The monoisotopic (exact) mass is 102 g/mol. The number of nitrogens with one attached hydrogen (secondary N) is 1. The molecule has 0 aliphatic heterocycles. The van der Waals surface area contributed by atoms with Crippen LogP contribution in [0.25, 0.3) is 0 Å². The van der Waals surface area contributed by atoms with Gasteiger partial charge in [-0.3, -0.25) is 15.7 Å². The molecule has 0 bridgehead atoms. The Bertz CT molecular complexity index is 64.1. The van der Waals surface area contributed by atoms with E-state index in [9.17, 15) is 0 Å². The quantitative estimate of drug-likeness (QED) is 0.286. The summed E-state index contributed by atoms with van der Waals surface area (Å²) in [5.74, 6) is 0.611. The molecule has 0 heterocycles. The Balaban J connectivity index is 3.38. The molecule has 0 rings (SSSR count). The summed E-state index contributed by atoms with van der Waals surface area (Å²) in [6.45, 7) is 1.91. The second-order valence-corrected chi connectivity index (χ2v) is 1.14. The first-order chi connectivity index (χ1) is 3.35. The zero-order valence-corrected chi connectivity index (χ0v) is 4.60. The number of hydrogen-bond acceptors (Lipinski definition) is 2. The van der Waals surface area contributed by atoms with Gasteiger partial charge in [0.2, 0.25) is 0 Å². The van der Waals surface area contributed by atoms with Crippen LogP contribution in [0.5, 0.6) is 0 Å². The van der Waals surface area contributed by atoms with Gasteiger partial charge in [0.05, 0.1) is 0 Å². The van der Waals surface area contributed by atoms with Crippen molar-refractivity contribution in [2.75, 3.05) is 7.05 Å². The van der Waals surface area contributed by atoms with E-state index >= 15 is 0 Å². The average molecular weight is 102 g/mol. The highest BCUT2D eigenvalue weighted by Gasteiger charge is 1.83. The Labute approximate surface area is 43.0 Å². The third-order valence-corrected chi connectivity index (χ3v) is 0.734. The molecular weight excluding hydrogens is 92.1 g/mol. The van der Waals surface area contributed by atoms with E-state index in [2.05, 4.69) is 4.99 Å². The van der Waals surface area contributed by atoms with Crippen LogP contribution < -0.4 is 5.48 Å². The smallest absolute Gasteiger partial charge is 0.120 e. The molecule has 0 amide bonds. The molecule has 0 spiro atoms. The van der Waals surface area contributed by atoms with Crippen LogP contribution in [-0.2, 0) is 0 Å². The predicted molar refractivity (Wildman–Crippen MR) is 28.6 cm³/mol. The topological polar surface area (TPSA) is 44.6 Å². The molecule has 0 aromatic heterocycles. The minimum absolute atomic E-state index is 0.611. The Morgan fingerprint density at radius 2 is 2.43 bits per heavy atom. The molecule has 3 nitrogen and oxygen atoms in total. The zero-order chi connectivity index (χ0) is 5.70.